The summed E-state index contributed by atoms with van der Waals surface area (Å²) in [7, 11) is 0. The van der Waals surface area contributed by atoms with Gasteiger partial charge in [-0.3, -0.25) is 9.69 Å². The smallest absolute Gasteiger partial charge is 0.416 e. The highest BCUT2D eigenvalue weighted by Gasteiger charge is 2.20. The van der Waals surface area contributed by atoms with Gasteiger partial charge in [0.1, 0.15) is 36.2 Å². The molecule has 1 aromatic heterocycles. The lowest BCUT2D eigenvalue weighted by molar-refractivity contribution is -0.138. The zero-order chi connectivity index (χ0) is 30.7. The molecule has 5 aromatic rings. The zero-order valence-corrected chi connectivity index (χ0v) is 24.2. The Kier molecular flexibility index (Phi) is 9.89. The maximum Gasteiger partial charge on any atom is 0.416 e. The molecule has 0 aliphatic carbocycles. The van der Waals surface area contributed by atoms with E-state index in [2.05, 4.69) is 4.98 Å². The van der Waals surface area contributed by atoms with Crippen LogP contribution in [0.5, 0.6) is 17.2 Å². The van der Waals surface area contributed by atoms with Gasteiger partial charge in [-0.25, -0.2) is 9.78 Å². The minimum atomic E-state index is -1.16. The highest BCUT2D eigenvalue weighted by atomic mass is 16.6. The van der Waals surface area contributed by atoms with Gasteiger partial charge in [-0.15, -0.1) is 0 Å². The number of carboxylic acids is 1. The predicted molar refractivity (Wildman–Crippen MR) is 164 cm³/mol. The molecule has 0 saturated carbocycles. The fourth-order valence-corrected chi connectivity index (χ4v) is 4.44. The molecule has 0 unspecified atom stereocenters. The molecular weight excluding hydrogens is 560 g/mol. The number of amides is 1. The van der Waals surface area contributed by atoms with Crippen molar-refractivity contribution in [2.45, 2.75) is 26.5 Å². The highest BCUT2D eigenvalue weighted by Crippen LogP contribution is 2.23. The maximum absolute atomic E-state index is 13.0. The molecule has 0 fully saturated rings. The summed E-state index contributed by atoms with van der Waals surface area (Å²) < 4.78 is 23.0. The first-order chi connectivity index (χ1) is 21.4. The van der Waals surface area contributed by atoms with Gasteiger partial charge < -0.3 is 23.7 Å². The number of ether oxygens (including phenoxy) is 3. The molecule has 0 aliphatic rings. The van der Waals surface area contributed by atoms with E-state index in [-0.39, 0.29) is 12.3 Å². The highest BCUT2D eigenvalue weighted by molar-refractivity contribution is 5.78. The van der Waals surface area contributed by atoms with Crippen LogP contribution in [-0.2, 0) is 24.4 Å². The van der Waals surface area contributed by atoms with Crippen LogP contribution < -0.4 is 14.2 Å². The molecule has 5 rings (SSSR count). The maximum atomic E-state index is 13.0. The lowest BCUT2D eigenvalue weighted by Gasteiger charge is -2.20. The molecular formula is C35H32N2O7. The summed E-state index contributed by atoms with van der Waals surface area (Å²) in [6.45, 7) is 2.13. The Morgan fingerprint density at radius 2 is 1.48 bits per heavy atom. The number of oxazole rings is 1. The van der Waals surface area contributed by atoms with Crippen molar-refractivity contribution in [2.75, 3.05) is 13.2 Å². The number of hydrogen-bond acceptors (Lipinski definition) is 7. The fraction of sp³-hybridized carbons (Fsp3) is 0.171. The van der Waals surface area contributed by atoms with Gasteiger partial charge in [0, 0.05) is 18.5 Å². The average Bonchev–Trinajstić information content (AvgIpc) is 3.41. The second kappa shape index (κ2) is 14.6. The normalized spacial score (nSPS) is 10.7. The van der Waals surface area contributed by atoms with Crippen molar-refractivity contribution in [3.05, 3.63) is 132 Å². The molecule has 44 heavy (non-hydrogen) atoms. The number of aliphatic carboxylic acids is 1. The van der Waals surface area contributed by atoms with Crippen molar-refractivity contribution >= 4 is 12.1 Å². The molecule has 9 heteroatoms. The van der Waals surface area contributed by atoms with Crippen LogP contribution in [0.1, 0.15) is 22.6 Å². The molecule has 0 atom stereocenters. The second-order valence-corrected chi connectivity index (χ2v) is 10.00. The van der Waals surface area contributed by atoms with Crippen LogP contribution in [0.3, 0.4) is 0 Å². The quantitative estimate of drug-likeness (QED) is 0.157. The largest absolute Gasteiger partial charge is 0.493 e. The third-order valence-corrected chi connectivity index (χ3v) is 6.65. The van der Waals surface area contributed by atoms with E-state index in [1.807, 2.05) is 67.6 Å². The summed E-state index contributed by atoms with van der Waals surface area (Å²) >= 11 is 0. The van der Waals surface area contributed by atoms with Gasteiger partial charge >= 0.3 is 12.1 Å². The van der Waals surface area contributed by atoms with Crippen molar-refractivity contribution in [3.63, 3.8) is 0 Å². The van der Waals surface area contributed by atoms with E-state index in [0.717, 1.165) is 27.5 Å². The molecule has 0 aliphatic heterocycles. The van der Waals surface area contributed by atoms with Crippen LogP contribution in [0.4, 0.5) is 4.79 Å². The Bertz CT molecular complexity index is 1670. The van der Waals surface area contributed by atoms with Crippen molar-refractivity contribution in [1.29, 1.82) is 0 Å². The SMILES string of the molecule is Cc1oc(-c2ccccc2)nc1CCOc1cccc(CN(CC(=O)O)C(=O)Oc2ccc(OCc3ccccc3)cc2)c1. The molecule has 0 radical (unpaired) electrons. The number of carbonyl (C=O) groups excluding carboxylic acids is 1. The zero-order valence-electron chi connectivity index (χ0n) is 24.2. The Morgan fingerprint density at radius 1 is 0.795 bits per heavy atom. The van der Waals surface area contributed by atoms with Crippen LogP contribution in [0, 0.1) is 6.92 Å². The Labute approximate surface area is 255 Å². The minimum absolute atomic E-state index is 0.0173. The molecule has 4 aromatic carbocycles. The van der Waals surface area contributed by atoms with Crippen LogP contribution >= 0.6 is 0 Å². The van der Waals surface area contributed by atoms with Gasteiger partial charge in [-0.05, 0) is 66.6 Å². The first-order valence-corrected chi connectivity index (χ1v) is 14.1. The average molecular weight is 593 g/mol. The first-order valence-electron chi connectivity index (χ1n) is 14.1. The van der Waals surface area contributed by atoms with Gasteiger partial charge in [0.15, 0.2) is 0 Å². The van der Waals surface area contributed by atoms with Gasteiger partial charge in [0.2, 0.25) is 5.89 Å². The summed E-state index contributed by atoms with van der Waals surface area (Å²) in [4.78, 5) is 30.2. The van der Waals surface area contributed by atoms with E-state index in [4.69, 9.17) is 18.6 Å². The van der Waals surface area contributed by atoms with E-state index in [0.29, 0.717) is 42.6 Å². The Hall–Kier alpha value is -5.57. The molecule has 1 amide bonds. The summed E-state index contributed by atoms with van der Waals surface area (Å²) in [6, 6.07) is 33.2. The third kappa shape index (κ3) is 8.48. The molecule has 0 bridgehead atoms. The van der Waals surface area contributed by atoms with Crippen molar-refractivity contribution in [3.8, 4) is 28.7 Å². The number of carbonyl (C=O) groups is 2. The Balaban J connectivity index is 1.15. The number of nitrogens with zero attached hydrogens (tertiary/aromatic N) is 2. The number of benzene rings is 4. The van der Waals surface area contributed by atoms with E-state index < -0.39 is 18.6 Å². The first kappa shape index (κ1) is 29.9. The third-order valence-electron chi connectivity index (χ3n) is 6.65. The lowest BCUT2D eigenvalue weighted by Crippen LogP contribution is -2.37. The van der Waals surface area contributed by atoms with Crippen LogP contribution in [0.15, 0.2) is 114 Å². The van der Waals surface area contributed by atoms with E-state index >= 15 is 0 Å². The van der Waals surface area contributed by atoms with Crippen LogP contribution in [-0.4, -0.2) is 40.2 Å². The molecule has 1 N–H and O–H groups in total. The van der Waals surface area contributed by atoms with Gasteiger partial charge in [-0.1, -0.05) is 60.7 Å². The van der Waals surface area contributed by atoms with Crippen LogP contribution in [0.2, 0.25) is 0 Å². The molecule has 9 nitrogen and oxygen atoms in total. The number of aromatic nitrogens is 1. The number of carboxylic acid groups (broad SMARTS) is 1. The van der Waals surface area contributed by atoms with Gasteiger partial charge in [0.05, 0.1) is 12.3 Å². The van der Waals surface area contributed by atoms with E-state index in [9.17, 15) is 14.7 Å². The minimum Gasteiger partial charge on any atom is -0.493 e. The molecule has 0 saturated heterocycles. The van der Waals surface area contributed by atoms with Gasteiger partial charge in [-0.2, -0.15) is 0 Å². The second-order valence-electron chi connectivity index (χ2n) is 10.00. The summed E-state index contributed by atoms with van der Waals surface area (Å²) in [5.74, 6) is 1.62. The van der Waals surface area contributed by atoms with Gasteiger partial charge in [0.25, 0.3) is 0 Å². The number of aryl methyl sites for hydroxylation is 1. The summed E-state index contributed by atoms with van der Waals surface area (Å²) in [5.41, 5.74) is 3.44. The van der Waals surface area contributed by atoms with Crippen molar-refractivity contribution < 1.29 is 33.3 Å². The monoisotopic (exact) mass is 592 g/mol. The van der Waals surface area contributed by atoms with Crippen molar-refractivity contribution in [1.82, 2.24) is 9.88 Å². The number of hydrogen-bond donors (Lipinski definition) is 1. The number of rotatable bonds is 13. The Morgan fingerprint density at radius 3 is 2.20 bits per heavy atom. The van der Waals surface area contributed by atoms with Crippen molar-refractivity contribution in [2.24, 2.45) is 0 Å². The molecule has 224 valence electrons. The fourth-order valence-electron chi connectivity index (χ4n) is 4.44. The van der Waals surface area contributed by atoms with E-state index in [1.165, 1.54) is 0 Å². The standard InChI is InChI=1S/C35H32N2O7/c1-25-32(36-34(43-25)28-12-6-3-7-13-28)19-20-41-31-14-8-11-27(21-31)22-37(23-33(38)39)35(40)44-30-17-15-29(16-18-30)42-24-26-9-4-2-5-10-26/h2-18,21H,19-20,22-24H2,1H3,(H,38,39). The topological polar surface area (TPSA) is 111 Å². The molecule has 1 heterocycles. The summed E-state index contributed by atoms with van der Waals surface area (Å²) in [5, 5.41) is 9.44. The predicted octanol–water partition coefficient (Wildman–Crippen LogP) is 6.94. The lowest BCUT2D eigenvalue weighted by atomic mass is 10.2. The summed E-state index contributed by atoms with van der Waals surface area (Å²) in [6.07, 6.45) is -0.243. The van der Waals surface area contributed by atoms with E-state index in [1.54, 1.807) is 48.5 Å². The van der Waals surface area contributed by atoms with Crippen LogP contribution in [0.25, 0.3) is 11.5 Å². The molecule has 0 spiro atoms.